The molecule has 1 amide bonds. The van der Waals surface area contributed by atoms with E-state index in [2.05, 4.69) is 5.32 Å². The van der Waals surface area contributed by atoms with E-state index in [-0.39, 0.29) is 12.3 Å². The fourth-order valence-electron chi connectivity index (χ4n) is 2.03. The van der Waals surface area contributed by atoms with E-state index < -0.39 is 17.6 Å². The van der Waals surface area contributed by atoms with Gasteiger partial charge in [0.05, 0.1) is 5.54 Å². The number of hydrogen-bond donors (Lipinski definition) is 2. The summed E-state index contributed by atoms with van der Waals surface area (Å²) in [7, 11) is 3.22. The van der Waals surface area contributed by atoms with E-state index in [0.717, 1.165) is 11.1 Å². The predicted molar refractivity (Wildman–Crippen MR) is 82.2 cm³/mol. The van der Waals surface area contributed by atoms with Gasteiger partial charge in [-0.05, 0) is 33.4 Å². The van der Waals surface area contributed by atoms with Crippen LogP contribution in [-0.2, 0) is 16.0 Å². The van der Waals surface area contributed by atoms with Crippen LogP contribution < -0.4 is 5.32 Å². The molecule has 0 saturated heterocycles. The molecule has 1 aromatic carbocycles. The molecule has 0 aliphatic carbocycles. The topological polar surface area (TPSA) is 69.6 Å². The average molecular weight is 292 g/mol. The SMILES string of the molecule is CNC(C)(C)C(=O)N(C)C(Cc1ccc(C)cc1)C(=O)O. The Labute approximate surface area is 126 Å². The number of nitrogens with zero attached hydrogens (tertiary/aromatic N) is 1. The van der Waals surface area contributed by atoms with Crippen molar-refractivity contribution in [1.29, 1.82) is 0 Å². The molecule has 2 N–H and O–H groups in total. The summed E-state index contributed by atoms with van der Waals surface area (Å²) >= 11 is 0. The summed E-state index contributed by atoms with van der Waals surface area (Å²) in [5, 5.41) is 12.3. The van der Waals surface area contributed by atoms with Crippen LogP contribution in [-0.4, -0.2) is 47.6 Å². The Balaban J connectivity index is 2.94. The van der Waals surface area contributed by atoms with Gasteiger partial charge in [0.2, 0.25) is 5.91 Å². The van der Waals surface area contributed by atoms with Crippen LogP contribution in [0.4, 0.5) is 0 Å². The molecule has 1 aromatic rings. The summed E-state index contributed by atoms with van der Waals surface area (Å²) in [5.41, 5.74) is 1.22. The molecule has 5 nitrogen and oxygen atoms in total. The van der Waals surface area contributed by atoms with Crippen molar-refractivity contribution in [2.24, 2.45) is 0 Å². The number of aryl methyl sites for hydroxylation is 1. The van der Waals surface area contributed by atoms with Crippen molar-refractivity contribution in [3.05, 3.63) is 35.4 Å². The van der Waals surface area contributed by atoms with Gasteiger partial charge in [-0.25, -0.2) is 4.79 Å². The zero-order chi connectivity index (χ0) is 16.2. The molecule has 1 rings (SSSR count). The molecular formula is C16H24N2O3. The fraction of sp³-hybridized carbons (Fsp3) is 0.500. The molecule has 1 unspecified atom stereocenters. The van der Waals surface area contributed by atoms with E-state index in [9.17, 15) is 14.7 Å². The number of benzene rings is 1. The lowest BCUT2D eigenvalue weighted by atomic mass is 9.99. The Morgan fingerprint density at radius 2 is 1.81 bits per heavy atom. The van der Waals surface area contributed by atoms with Crippen molar-refractivity contribution in [2.75, 3.05) is 14.1 Å². The summed E-state index contributed by atoms with van der Waals surface area (Å²) in [6, 6.07) is 6.79. The fourth-order valence-corrected chi connectivity index (χ4v) is 2.03. The van der Waals surface area contributed by atoms with Crippen molar-refractivity contribution >= 4 is 11.9 Å². The first-order valence-electron chi connectivity index (χ1n) is 6.93. The van der Waals surface area contributed by atoms with E-state index >= 15 is 0 Å². The van der Waals surface area contributed by atoms with Crippen molar-refractivity contribution in [3.8, 4) is 0 Å². The number of carboxylic acid groups (broad SMARTS) is 1. The van der Waals surface area contributed by atoms with E-state index in [1.807, 2.05) is 31.2 Å². The van der Waals surface area contributed by atoms with Crippen LogP contribution in [0, 0.1) is 6.92 Å². The molecule has 0 radical (unpaired) electrons. The summed E-state index contributed by atoms with van der Waals surface area (Å²) < 4.78 is 0. The molecule has 21 heavy (non-hydrogen) atoms. The zero-order valence-electron chi connectivity index (χ0n) is 13.3. The maximum atomic E-state index is 12.4. The van der Waals surface area contributed by atoms with E-state index in [1.165, 1.54) is 11.9 Å². The molecule has 0 aliphatic rings. The first kappa shape index (κ1) is 17.2. The number of rotatable bonds is 6. The minimum Gasteiger partial charge on any atom is -0.480 e. The minimum absolute atomic E-state index is 0.246. The summed E-state index contributed by atoms with van der Waals surface area (Å²) in [4.78, 5) is 25.2. The van der Waals surface area contributed by atoms with Crippen molar-refractivity contribution < 1.29 is 14.7 Å². The maximum Gasteiger partial charge on any atom is 0.326 e. The van der Waals surface area contributed by atoms with Gasteiger partial charge >= 0.3 is 5.97 Å². The lowest BCUT2D eigenvalue weighted by molar-refractivity contribution is -0.151. The summed E-state index contributed by atoms with van der Waals surface area (Å²) in [6.07, 6.45) is 0.289. The highest BCUT2D eigenvalue weighted by Gasteiger charge is 2.34. The number of carbonyl (C=O) groups excluding carboxylic acids is 1. The van der Waals surface area contributed by atoms with Crippen LogP contribution in [0.2, 0.25) is 0 Å². The monoisotopic (exact) mass is 292 g/mol. The van der Waals surface area contributed by atoms with Crippen molar-refractivity contribution in [3.63, 3.8) is 0 Å². The lowest BCUT2D eigenvalue weighted by Gasteiger charge is -2.32. The van der Waals surface area contributed by atoms with Crippen molar-refractivity contribution in [1.82, 2.24) is 10.2 Å². The largest absolute Gasteiger partial charge is 0.480 e. The second-order valence-corrected chi connectivity index (χ2v) is 5.83. The van der Waals surface area contributed by atoms with Gasteiger partial charge in [-0.3, -0.25) is 4.79 Å². The zero-order valence-corrected chi connectivity index (χ0v) is 13.3. The number of carbonyl (C=O) groups is 2. The van der Waals surface area contributed by atoms with Gasteiger partial charge in [-0.2, -0.15) is 0 Å². The molecule has 0 fully saturated rings. The summed E-state index contributed by atoms with van der Waals surface area (Å²) in [6.45, 7) is 5.44. The number of amides is 1. The van der Waals surface area contributed by atoms with Crippen LogP contribution >= 0.6 is 0 Å². The third-order valence-electron chi connectivity index (χ3n) is 3.78. The third kappa shape index (κ3) is 4.29. The molecule has 0 heterocycles. The number of carboxylic acids is 1. The van der Waals surface area contributed by atoms with Crippen LogP contribution in [0.1, 0.15) is 25.0 Å². The summed E-state index contributed by atoms with van der Waals surface area (Å²) in [5.74, 6) is -1.25. The van der Waals surface area contributed by atoms with Crippen molar-refractivity contribution in [2.45, 2.75) is 38.8 Å². The molecule has 1 atom stereocenters. The Morgan fingerprint density at radius 3 is 2.24 bits per heavy atom. The van der Waals surface area contributed by atoms with Crippen LogP contribution in [0.3, 0.4) is 0 Å². The average Bonchev–Trinajstić information content (AvgIpc) is 2.44. The van der Waals surface area contributed by atoms with Crippen LogP contribution in [0.25, 0.3) is 0 Å². The number of likely N-dealkylation sites (N-methyl/N-ethyl adjacent to an activating group) is 2. The first-order chi connectivity index (χ1) is 9.69. The Hall–Kier alpha value is -1.88. The molecular weight excluding hydrogens is 268 g/mol. The highest BCUT2D eigenvalue weighted by molar-refractivity contribution is 5.89. The molecule has 0 saturated carbocycles. The normalized spacial score (nSPS) is 12.8. The van der Waals surface area contributed by atoms with Gasteiger partial charge in [0.15, 0.2) is 0 Å². The molecule has 5 heteroatoms. The quantitative estimate of drug-likeness (QED) is 0.832. The molecule has 0 aromatic heterocycles. The predicted octanol–water partition coefficient (Wildman–Crippen LogP) is 1.45. The minimum atomic E-state index is -1.00. The Kier molecular flexibility index (Phi) is 5.49. The number of hydrogen-bond acceptors (Lipinski definition) is 3. The maximum absolute atomic E-state index is 12.4. The van der Waals surface area contributed by atoms with E-state index in [1.54, 1.807) is 20.9 Å². The number of nitrogens with one attached hydrogen (secondary N) is 1. The smallest absolute Gasteiger partial charge is 0.326 e. The standard InChI is InChI=1S/C16H24N2O3/c1-11-6-8-12(9-7-11)10-13(14(19)20)18(5)15(21)16(2,3)17-4/h6-9,13,17H,10H2,1-5H3,(H,19,20). The molecule has 0 bridgehead atoms. The Bertz CT molecular complexity index is 509. The lowest BCUT2D eigenvalue weighted by Crippen LogP contribution is -2.56. The molecule has 0 aliphatic heterocycles. The van der Waals surface area contributed by atoms with Crippen LogP contribution in [0.5, 0.6) is 0 Å². The van der Waals surface area contributed by atoms with Gasteiger partial charge in [0, 0.05) is 13.5 Å². The van der Waals surface area contributed by atoms with Gasteiger partial charge in [-0.1, -0.05) is 29.8 Å². The van der Waals surface area contributed by atoms with Gasteiger partial charge < -0.3 is 15.3 Å². The first-order valence-corrected chi connectivity index (χ1v) is 6.93. The van der Waals surface area contributed by atoms with Gasteiger partial charge in [0.1, 0.15) is 6.04 Å². The highest BCUT2D eigenvalue weighted by Crippen LogP contribution is 2.14. The van der Waals surface area contributed by atoms with Gasteiger partial charge in [0.25, 0.3) is 0 Å². The second-order valence-electron chi connectivity index (χ2n) is 5.83. The highest BCUT2D eigenvalue weighted by atomic mass is 16.4. The molecule has 116 valence electrons. The number of aliphatic carboxylic acids is 1. The van der Waals surface area contributed by atoms with Crippen LogP contribution in [0.15, 0.2) is 24.3 Å². The third-order valence-corrected chi connectivity index (χ3v) is 3.78. The Morgan fingerprint density at radius 1 is 1.29 bits per heavy atom. The van der Waals surface area contributed by atoms with Gasteiger partial charge in [-0.15, -0.1) is 0 Å². The van der Waals surface area contributed by atoms with E-state index in [4.69, 9.17) is 0 Å². The van der Waals surface area contributed by atoms with E-state index in [0.29, 0.717) is 0 Å². The molecule has 0 spiro atoms. The second kappa shape index (κ2) is 6.72.